The van der Waals surface area contributed by atoms with Gasteiger partial charge in [0.25, 0.3) is 0 Å². The SMILES string of the molecule is Cc1cccc(C(C)NCCN(C(=O)OC(C)(C)C)C(C)C)c1. The minimum atomic E-state index is -0.466. The smallest absolute Gasteiger partial charge is 0.410 e. The summed E-state index contributed by atoms with van der Waals surface area (Å²) >= 11 is 0. The van der Waals surface area contributed by atoms with Crippen molar-refractivity contribution in [3.05, 3.63) is 35.4 Å². The molecule has 0 aromatic heterocycles. The molecule has 1 rings (SSSR count). The van der Waals surface area contributed by atoms with Gasteiger partial charge in [0.1, 0.15) is 5.60 Å². The molecule has 0 saturated heterocycles. The molecule has 23 heavy (non-hydrogen) atoms. The Kier molecular flexibility index (Phi) is 7.07. The molecule has 1 aromatic carbocycles. The summed E-state index contributed by atoms with van der Waals surface area (Å²) in [6, 6.07) is 8.84. The minimum absolute atomic E-state index is 0.112. The van der Waals surface area contributed by atoms with Crippen LogP contribution in [0.25, 0.3) is 0 Å². The van der Waals surface area contributed by atoms with Gasteiger partial charge in [-0.1, -0.05) is 29.8 Å². The molecule has 1 unspecified atom stereocenters. The molecular formula is C19H32N2O2. The molecular weight excluding hydrogens is 288 g/mol. The number of amides is 1. The predicted octanol–water partition coefficient (Wildman–Crippen LogP) is 4.29. The summed E-state index contributed by atoms with van der Waals surface area (Å²) in [5, 5.41) is 3.48. The van der Waals surface area contributed by atoms with Crippen LogP contribution in [0.5, 0.6) is 0 Å². The molecule has 4 nitrogen and oxygen atoms in total. The van der Waals surface area contributed by atoms with E-state index < -0.39 is 5.60 Å². The lowest BCUT2D eigenvalue weighted by atomic mass is 10.1. The Bertz CT molecular complexity index is 506. The molecule has 0 bridgehead atoms. The van der Waals surface area contributed by atoms with Crippen molar-refractivity contribution in [3.63, 3.8) is 0 Å². The van der Waals surface area contributed by atoms with Crippen LogP contribution >= 0.6 is 0 Å². The van der Waals surface area contributed by atoms with Crippen LogP contribution in [-0.4, -0.2) is 35.7 Å². The molecule has 1 amide bonds. The van der Waals surface area contributed by atoms with Crippen LogP contribution in [-0.2, 0) is 4.74 Å². The van der Waals surface area contributed by atoms with Crippen LogP contribution in [0.3, 0.4) is 0 Å². The molecule has 0 heterocycles. The predicted molar refractivity (Wildman–Crippen MR) is 95.7 cm³/mol. The van der Waals surface area contributed by atoms with Gasteiger partial charge in [-0.3, -0.25) is 0 Å². The molecule has 1 aromatic rings. The highest BCUT2D eigenvalue weighted by Gasteiger charge is 2.23. The van der Waals surface area contributed by atoms with E-state index in [0.717, 1.165) is 6.54 Å². The maximum atomic E-state index is 12.3. The maximum Gasteiger partial charge on any atom is 0.410 e. The Hall–Kier alpha value is -1.55. The van der Waals surface area contributed by atoms with E-state index in [-0.39, 0.29) is 18.2 Å². The minimum Gasteiger partial charge on any atom is -0.444 e. The first-order valence-corrected chi connectivity index (χ1v) is 8.39. The summed E-state index contributed by atoms with van der Waals surface area (Å²) in [5.41, 5.74) is 2.05. The van der Waals surface area contributed by atoms with E-state index in [0.29, 0.717) is 6.54 Å². The van der Waals surface area contributed by atoms with Gasteiger partial charge in [-0.2, -0.15) is 0 Å². The summed E-state index contributed by atoms with van der Waals surface area (Å²) in [6.45, 7) is 15.3. The Morgan fingerprint density at radius 3 is 2.43 bits per heavy atom. The maximum absolute atomic E-state index is 12.3. The topological polar surface area (TPSA) is 41.6 Å². The van der Waals surface area contributed by atoms with Gasteiger partial charge in [-0.05, 0) is 54.0 Å². The molecule has 0 aliphatic rings. The van der Waals surface area contributed by atoms with Crippen LogP contribution in [0, 0.1) is 6.92 Å². The van der Waals surface area contributed by atoms with E-state index >= 15 is 0 Å². The summed E-state index contributed by atoms with van der Waals surface area (Å²) in [5.74, 6) is 0. The normalized spacial score (nSPS) is 13.0. The summed E-state index contributed by atoms with van der Waals surface area (Å²) in [7, 11) is 0. The molecule has 4 heteroatoms. The molecule has 0 saturated carbocycles. The second-order valence-corrected chi connectivity index (χ2v) is 7.36. The third-order valence-electron chi connectivity index (χ3n) is 3.60. The molecule has 0 aliphatic heterocycles. The summed E-state index contributed by atoms with van der Waals surface area (Å²) in [4.78, 5) is 14.0. The van der Waals surface area contributed by atoms with Gasteiger partial charge < -0.3 is 15.0 Å². The van der Waals surface area contributed by atoms with Crippen molar-refractivity contribution in [2.75, 3.05) is 13.1 Å². The third kappa shape index (κ3) is 7.04. The van der Waals surface area contributed by atoms with Crippen molar-refractivity contribution in [2.24, 2.45) is 0 Å². The zero-order chi connectivity index (χ0) is 17.6. The van der Waals surface area contributed by atoms with Crippen molar-refractivity contribution >= 4 is 6.09 Å². The van der Waals surface area contributed by atoms with E-state index in [1.807, 2.05) is 34.6 Å². The van der Waals surface area contributed by atoms with Gasteiger partial charge in [0.2, 0.25) is 0 Å². The fourth-order valence-corrected chi connectivity index (χ4v) is 2.34. The fraction of sp³-hybridized carbons (Fsp3) is 0.632. The average Bonchev–Trinajstić information content (AvgIpc) is 2.40. The molecule has 1 atom stereocenters. The monoisotopic (exact) mass is 320 g/mol. The van der Waals surface area contributed by atoms with Gasteiger partial charge in [0, 0.05) is 25.2 Å². The Labute approximate surface area is 141 Å². The zero-order valence-electron chi connectivity index (χ0n) is 15.6. The lowest BCUT2D eigenvalue weighted by molar-refractivity contribution is 0.0192. The molecule has 130 valence electrons. The van der Waals surface area contributed by atoms with Gasteiger partial charge in [-0.25, -0.2) is 4.79 Å². The standard InChI is InChI=1S/C19H32N2O2/c1-14(2)21(18(22)23-19(5,6)7)12-11-20-16(4)17-10-8-9-15(3)13-17/h8-10,13-14,16,20H,11-12H2,1-7H3. The Morgan fingerprint density at radius 1 is 1.26 bits per heavy atom. The van der Waals surface area contributed by atoms with Crippen LogP contribution < -0.4 is 5.32 Å². The number of benzene rings is 1. The number of hydrogen-bond donors (Lipinski definition) is 1. The molecule has 0 fully saturated rings. The first-order valence-electron chi connectivity index (χ1n) is 8.39. The molecule has 0 aliphatic carbocycles. The third-order valence-corrected chi connectivity index (χ3v) is 3.60. The van der Waals surface area contributed by atoms with Gasteiger partial charge in [-0.15, -0.1) is 0 Å². The molecule has 0 spiro atoms. The highest BCUT2D eigenvalue weighted by atomic mass is 16.6. The number of nitrogens with zero attached hydrogens (tertiary/aromatic N) is 1. The summed E-state index contributed by atoms with van der Waals surface area (Å²) in [6.07, 6.45) is -0.252. The van der Waals surface area contributed by atoms with E-state index in [2.05, 4.69) is 43.4 Å². The number of hydrogen-bond acceptors (Lipinski definition) is 3. The van der Waals surface area contributed by atoms with Crippen LogP contribution in [0.15, 0.2) is 24.3 Å². The van der Waals surface area contributed by atoms with Crippen molar-refractivity contribution in [1.29, 1.82) is 0 Å². The highest BCUT2D eigenvalue weighted by molar-refractivity contribution is 5.68. The van der Waals surface area contributed by atoms with Crippen molar-refractivity contribution in [3.8, 4) is 0 Å². The van der Waals surface area contributed by atoms with Gasteiger partial charge in [0.15, 0.2) is 0 Å². The number of ether oxygens (including phenoxy) is 1. The van der Waals surface area contributed by atoms with E-state index in [9.17, 15) is 4.79 Å². The average molecular weight is 320 g/mol. The van der Waals surface area contributed by atoms with Gasteiger partial charge >= 0.3 is 6.09 Å². The second kappa shape index (κ2) is 8.34. The second-order valence-electron chi connectivity index (χ2n) is 7.36. The van der Waals surface area contributed by atoms with Crippen LogP contribution in [0.2, 0.25) is 0 Å². The first kappa shape index (κ1) is 19.5. The number of carbonyl (C=O) groups excluding carboxylic acids is 1. The Balaban J connectivity index is 2.54. The Morgan fingerprint density at radius 2 is 1.91 bits per heavy atom. The largest absolute Gasteiger partial charge is 0.444 e. The zero-order valence-corrected chi connectivity index (χ0v) is 15.6. The van der Waals surface area contributed by atoms with E-state index in [1.54, 1.807) is 4.90 Å². The number of carbonyl (C=O) groups is 1. The number of nitrogens with one attached hydrogen (secondary N) is 1. The molecule has 0 radical (unpaired) electrons. The summed E-state index contributed by atoms with van der Waals surface area (Å²) < 4.78 is 5.48. The van der Waals surface area contributed by atoms with Crippen LogP contribution in [0.1, 0.15) is 58.7 Å². The fourth-order valence-electron chi connectivity index (χ4n) is 2.34. The van der Waals surface area contributed by atoms with Crippen molar-refractivity contribution in [1.82, 2.24) is 10.2 Å². The lowest BCUT2D eigenvalue weighted by Crippen LogP contribution is -2.44. The van der Waals surface area contributed by atoms with Crippen molar-refractivity contribution in [2.45, 2.75) is 66.2 Å². The van der Waals surface area contributed by atoms with E-state index in [4.69, 9.17) is 4.74 Å². The van der Waals surface area contributed by atoms with Crippen LogP contribution in [0.4, 0.5) is 4.79 Å². The first-order chi connectivity index (χ1) is 10.6. The lowest BCUT2D eigenvalue weighted by Gasteiger charge is -2.30. The number of aryl methyl sites for hydroxylation is 1. The number of rotatable bonds is 6. The quantitative estimate of drug-likeness (QED) is 0.850. The van der Waals surface area contributed by atoms with Gasteiger partial charge in [0.05, 0.1) is 0 Å². The highest BCUT2D eigenvalue weighted by Crippen LogP contribution is 2.14. The van der Waals surface area contributed by atoms with E-state index in [1.165, 1.54) is 11.1 Å². The van der Waals surface area contributed by atoms with Crippen molar-refractivity contribution < 1.29 is 9.53 Å². The molecule has 1 N–H and O–H groups in total.